The fourth-order valence-corrected chi connectivity index (χ4v) is 5.71. The van der Waals surface area contributed by atoms with Gasteiger partial charge in [0, 0.05) is 35.4 Å². The smallest absolute Gasteiger partial charge is 0.347 e. The first-order valence-electron chi connectivity index (χ1n) is 18.5. The first kappa shape index (κ1) is 43.1. The zero-order valence-electron chi connectivity index (χ0n) is 34.3. The van der Waals surface area contributed by atoms with Gasteiger partial charge in [-0.1, -0.05) is 11.8 Å². The molecule has 0 amide bonds. The van der Waals surface area contributed by atoms with E-state index in [4.69, 9.17) is 47.4 Å². The van der Waals surface area contributed by atoms with E-state index in [2.05, 4.69) is 11.8 Å². The summed E-state index contributed by atoms with van der Waals surface area (Å²) >= 11 is 0. The number of carbonyl (C=O) groups is 4. The topological polar surface area (TPSA) is 161 Å². The summed E-state index contributed by atoms with van der Waals surface area (Å²) in [4.78, 5) is 51.5. The van der Waals surface area contributed by atoms with Crippen molar-refractivity contribution in [1.82, 2.24) is 0 Å². The highest BCUT2D eigenvalue weighted by atomic mass is 16.6. The number of hydrogen-bond donors (Lipinski definition) is 0. The molecule has 14 nitrogen and oxygen atoms in total. The van der Waals surface area contributed by atoms with E-state index in [1.807, 2.05) is 0 Å². The van der Waals surface area contributed by atoms with Crippen LogP contribution in [-0.2, 0) is 0 Å². The van der Waals surface area contributed by atoms with Gasteiger partial charge in [-0.05, 0) is 97.1 Å². The van der Waals surface area contributed by atoms with Gasteiger partial charge in [0.25, 0.3) is 0 Å². The summed E-state index contributed by atoms with van der Waals surface area (Å²) in [6.07, 6.45) is 0. The molecule has 0 saturated carbocycles. The number of esters is 4. The largest absolute Gasteiger partial charge is 0.496 e. The average molecular weight is 839 g/mol. The summed E-state index contributed by atoms with van der Waals surface area (Å²) < 4.78 is 53.7. The Labute approximate surface area is 356 Å². The maximum atomic E-state index is 12.9. The van der Waals surface area contributed by atoms with Crippen LogP contribution in [0.2, 0.25) is 0 Å². The lowest BCUT2D eigenvalue weighted by molar-refractivity contribution is 0.0717. The Morgan fingerprint density at radius 2 is 0.581 bits per heavy atom. The number of rotatable bonds is 14. The van der Waals surface area contributed by atoms with Crippen molar-refractivity contribution >= 4 is 23.9 Å². The van der Waals surface area contributed by atoms with Crippen LogP contribution in [0.5, 0.6) is 57.5 Å². The Hall–Kier alpha value is -8.44. The monoisotopic (exact) mass is 838 g/mol. The van der Waals surface area contributed by atoms with Crippen LogP contribution in [0.3, 0.4) is 0 Å². The molecule has 0 fully saturated rings. The lowest BCUT2D eigenvalue weighted by atomic mass is 10.1. The Bertz CT molecular complexity index is 2460. The lowest BCUT2D eigenvalue weighted by Gasteiger charge is -2.13. The van der Waals surface area contributed by atoms with Gasteiger partial charge in [-0.3, -0.25) is 0 Å². The summed E-state index contributed by atoms with van der Waals surface area (Å²) in [6.45, 7) is 0. The van der Waals surface area contributed by atoms with E-state index in [9.17, 15) is 19.2 Å². The van der Waals surface area contributed by atoms with Crippen LogP contribution < -0.4 is 47.4 Å². The number of carbonyl (C=O) groups excluding carboxylic acids is 4. The Balaban J connectivity index is 0.988. The quantitative estimate of drug-likeness (QED) is 0.0589. The van der Waals surface area contributed by atoms with E-state index in [1.54, 1.807) is 48.5 Å². The molecule has 0 aromatic heterocycles. The molecule has 0 saturated heterocycles. The second-order valence-corrected chi connectivity index (χ2v) is 12.7. The highest BCUT2D eigenvalue weighted by molar-refractivity contribution is 5.96. The predicted molar refractivity (Wildman–Crippen MR) is 224 cm³/mol. The van der Waals surface area contributed by atoms with Crippen molar-refractivity contribution in [1.29, 1.82) is 0 Å². The molecule has 0 N–H and O–H groups in total. The van der Waals surface area contributed by atoms with Crippen molar-refractivity contribution in [3.63, 3.8) is 0 Å². The molecule has 0 aliphatic rings. The average Bonchev–Trinajstić information content (AvgIpc) is 3.31. The molecule has 314 valence electrons. The zero-order valence-corrected chi connectivity index (χ0v) is 34.3. The molecular weight excluding hydrogens is 801 g/mol. The van der Waals surface area contributed by atoms with Crippen molar-refractivity contribution in [3.8, 4) is 69.3 Å². The summed E-state index contributed by atoms with van der Waals surface area (Å²) in [5.74, 6) is 6.36. The number of benzene rings is 6. The van der Waals surface area contributed by atoms with Gasteiger partial charge in [0.15, 0.2) is 23.0 Å². The molecule has 6 rings (SSSR count). The van der Waals surface area contributed by atoms with Crippen LogP contribution in [-0.4, -0.2) is 66.5 Å². The highest BCUT2D eigenvalue weighted by Gasteiger charge is 2.22. The van der Waals surface area contributed by atoms with Crippen molar-refractivity contribution in [2.75, 3.05) is 42.7 Å². The molecule has 6 aromatic rings. The first-order valence-corrected chi connectivity index (χ1v) is 18.5. The Morgan fingerprint density at radius 3 is 0.871 bits per heavy atom. The molecule has 6 aromatic carbocycles. The van der Waals surface area contributed by atoms with Gasteiger partial charge < -0.3 is 47.4 Å². The van der Waals surface area contributed by atoms with E-state index in [1.165, 1.54) is 115 Å². The van der Waals surface area contributed by atoms with E-state index in [0.29, 0.717) is 45.6 Å². The van der Waals surface area contributed by atoms with Crippen molar-refractivity contribution in [2.45, 2.75) is 0 Å². The van der Waals surface area contributed by atoms with Crippen LogP contribution >= 0.6 is 0 Å². The van der Waals surface area contributed by atoms with Gasteiger partial charge in [-0.25, -0.2) is 19.2 Å². The molecule has 0 heterocycles. The third-order valence-electron chi connectivity index (χ3n) is 8.93. The fourth-order valence-electron chi connectivity index (χ4n) is 5.71. The maximum Gasteiger partial charge on any atom is 0.347 e. The maximum absolute atomic E-state index is 12.9. The van der Waals surface area contributed by atoms with Gasteiger partial charge >= 0.3 is 23.9 Å². The molecule has 0 spiro atoms. The summed E-state index contributed by atoms with van der Waals surface area (Å²) in [5.41, 5.74) is 2.04. The van der Waals surface area contributed by atoms with Crippen LogP contribution in [0, 0.1) is 11.8 Å². The van der Waals surface area contributed by atoms with Gasteiger partial charge in [-0.15, -0.1) is 0 Å². The van der Waals surface area contributed by atoms with E-state index in [-0.39, 0.29) is 45.3 Å². The fraction of sp³-hybridized carbons (Fsp3) is 0.125. The zero-order chi connectivity index (χ0) is 44.2. The Morgan fingerprint density at radius 1 is 0.323 bits per heavy atom. The molecular formula is C48H38O14. The molecule has 0 bridgehead atoms. The summed E-state index contributed by atoms with van der Waals surface area (Å²) in [6, 6.07) is 31.0. The third kappa shape index (κ3) is 10.4. The molecule has 0 aliphatic heterocycles. The van der Waals surface area contributed by atoms with Gasteiger partial charge in [-0.2, -0.15) is 0 Å². The minimum Gasteiger partial charge on any atom is -0.496 e. The highest BCUT2D eigenvalue weighted by Crippen LogP contribution is 2.36. The molecule has 62 heavy (non-hydrogen) atoms. The predicted octanol–water partition coefficient (Wildman–Crippen LogP) is 8.01. The van der Waals surface area contributed by atoms with Crippen LogP contribution in [0.15, 0.2) is 121 Å². The molecule has 0 unspecified atom stereocenters. The van der Waals surface area contributed by atoms with Crippen LogP contribution in [0.4, 0.5) is 0 Å². The van der Waals surface area contributed by atoms with Crippen LogP contribution in [0.1, 0.15) is 52.6 Å². The second kappa shape index (κ2) is 20.0. The molecule has 14 heteroatoms. The van der Waals surface area contributed by atoms with Crippen LogP contribution in [0.25, 0.3) is 0 Å². The molecule has 0 atom stereocenters. The number of ether oxygens (including phenoxy) is 10. The summed E-state index contributed by atoms with van der Waals surface area (Å²) in [7, 11) is 8.67. The van der Waals surface area contributed by atoms with E-state index < -0.39 is 23.9 Å². The minimum atomic E-state index is -0.696. The third-order valence-corrected chi connectivity index (χ3v) is 8.93. The summed E-state index contributed by atoms with van der Waals surface area (Å²) in [5, 5.41) is 0. The standard InChI is InChI=1S/C48H38O14/c1-53-39-27-43(57-5)41(55-3)25-37(39)47(51)61-35-21-13-31(14-22-35)45(49)59-33-17-9-29(10-18-33)7-8-30-11-19-34(20-12-30)60-46(50)32-15-23-36(24-16-32)62-48(52)38-26-42(56-4)44(58-6)28-40(38)54-2/h9-28H,1-6H3. The number of hydrogen-bond acceptors (Lipinski definition) is 14. The second-order valence-electron chi connectivity index (χ2n) is 12.7. The Kier molecular flexibility index (Phi) is 13.9. The molecule has 0 radical (unpaired) electrons. The molecule has 0 aliphatic carbocycles. The SMILES string of the molecule is COc1cc(OC)c(C(=O)Oc2ccc(C(=O)Oc3ccc(C#Cc4ccc(OC(=O)c5ccc(OC(=O)c6cc(OC)c(OC)cc6OC)cc5)cc4)cc3)cc2)cc1OC. The lowest BCUT2D eigenvalue weighted by Crippen LogP contribution is -2.12. The van der Waals surface area contributed by atoms with Crippen molar-refractivity contribution < 1.29 is 66.5 Å². The first-order chi connectivity index (χ1) is 30.0. The van der Waals surface area contributed by atoms with Gasteiger partial charge in [0.1, 0.15) is 45.6 Å². The van der Waals surface area contributed by atoms with Crippen molar-refractivity contribution in [2.24, 2.45) is 0 Å². The van der Waals surface area contributed by atoms with Gasteiger partial charge in [0.05, 0.1) is 53.8 Å². The van der Waals surface area contributed by atoms with E-state index >= 15 is 0 Å². The number of methoxy groups -OCH3 is 6. The van der Waals surface area contributed by atoms with Crippen molar-refractivity contribution in [3.05, 3.63) is 155 Å². The van der Waals surface area contributed by atoms with E-state index in [0.717, 1.165) is 0 Å². The normalized spacial score (nSPS) is 10.2. The minimum absolute atomic E-state index is 0.124. The van der Waals surface area contributed by atoms with Gasteiger partial charge in [0.2, 0.25) is 0 Å².